The average molecular weight is 294 g/mol. The number of likely N-dealkylation sites (tertiary alicyclic amines) is 1. The molecule has 2 heterocycles. The molecule has 0 radical (unpaired) electrons. The van der Waals surface area contributed by atoms with Gasteiger partial charge in [-0.15, -0.1) is 17.9 Å². The Morgan fingerprint density at radius 2 is 2.50 bits per heavy atom. The first-order valence-electron chi connectivity index (χ1n) is 7.00. The van der Waals surface area contributed by atoms with Gasteiger partial charge in [-0.25, -0.2) is 0 Å². The lowest BCUT2D eigenvalue weighted by Gasteiger charge is -2.31. The number of hydrogen-bond acceptors (Lipinski definition) is 4. The summed E-state index contributed by atoms with van der Waals surface area (Å²) in [7, 11) is 0. The number of piperidine rings is 1. The van der Waals surface area contributed by atoms with Crippen LogP contribution in [0, 0.1) is 0 Å². The molecule has 1 fully saturated rings. The molecule has 2 rings (SSSR count). The molecule has 110 valence electrons. The number of rotatable bonds is 6. The molecule has 1 aliphatic heterocycles. The van der Waals surface area contributed by atoms with Crippen LogP contribution in [0.2, 0.25) is 0 Å². The summed E-state index contributed by atoms with van der Waals surface area (Å²) in [5, 5.41) is 11.7. The van der Waals surface area contributed by atoms with Gasteiger partial charge in [0, 0.05) is 18.0 Å². The number of carbonyl (C=O) groups is 1. The number of amides is 1. The summed E-state index contributed by atoms with van der Waals surface area (Å²) >= 11 is 1.66. The fraction of sp³-hybridized carbons (Fsp3) is 0.533. The van der Waals surface area contributed by atoms with Gasteiger partial charge in [0.1, 0.15) is 0 Å². The molecule has 1 amide bonds. The molecular weight excluding hydrogens is 272 g/mol. The number of aliphatic hydroxyl groups is 1. The van der Waals surface area contributed by atoms with Crippen LogP contribution in [-0.4, -0.2) is 53.1 Å². The number of carbonyl (C=O) groups excluding carboxylic acids is 1. The van der Waals surface area contributed by atoms with Gasteiger partial charge in [0.25, 0.3) is 0 Å². The van der Waals surface area contributed by atoms with Crippen molar-refractivity contribution in [2.45, 2.75) is 25.5 Å². The summed E-state index contributed by atoms with van der Waals surface area (Å²) in [5.41, 5.74) is 0. The van der Waals surface area contributed by atoms with E-state index in [1.54, 1.807) is 17.4 Å². The van der Waals surface area contributed by atoms with E-state index in [1.807, 2.05) is 27.3 Å². The standard InChI is InChI=1S/C15H22N2O2S/c1-2-7-17(11-14-6-4-9-20-14)15(19)12-16-8-3-5-13(18)10-16/h2,4,6,9,13,18H,1,3,5,7-8,10-12H2/t13-/m0/s1. The molecule has 0 saturated carbocycles. The molecule has 0 aromatic carbocycles. The van der Waals surface area contributed by atoms with Gasteiger partial charge in [0.05, 0.1) is 19.2 Å². The van der Waals surface area contributed by atoms with Crippen LogP contribution in [0.3, 0.4) is 0 Å². The summed E-state index contributed by atoms with van der Waals surface area (Å²) < 4.78 is 0. The predicted molar refractivity (Wildman–Crippen MR) is 81.6 cm³/mol. The topological polar surface area (TPSA) is 43.8 Å². The predicted octanol–water partition coefficient (Wildman–Crippen LogP) is 1.72. The van der Waals surface area contributed by atoms with E-state index in [1.165, 1.54) is 4.88 Å². The summed E-state index contributed by atoms with van der Waals surface area (Å²) in [6.45, 7) is 6.81. The molecule has 1 aromatic rings. The highest BCUT2D eigenvalue weighted by Gasteiger charge is 2.22. The Kier molecular flexibility index (Phi) is 5.76. The van der Waals surface area contributed by atoms with Crippen LogP contribution >= 0.6 is 11.3 Å². The van der Waals surface area contributed by atoms with Crippen LogP contribution in [-0.2, 0) is 11.3 Å². The third kappa shape index (κ3) is 4.44. The normalized spacial score (nSPS) is 19.8. The Bertz CT molecular complexity index is 433. The van der Waals surface area contributed by atoms with Crippen molar-refractivity contribution in [2.24, 2.45) is 0 Å². The van der Waals surface area contributed by atoms with Gasteiger partial charge in [-0.1, -0.05) is 12.1 Å². The van der Waals surface area contributed by atoms with Crippen molar-refractivity contribution in [1.82, 2.24) is 9.80 Å². The highest BCUT2D eigenvalue weighted by Crippen LogP contribution is 2.14. The minimum atomic E-state index is -0.290. The first-order valence-corrected chi connectivity index (χ1v) is 7.88. The van der Waals surface area contributed by atoms with E-state index in [2.05, 4.69) is 6.58 Å². The molecule has 1 aliphatic rings. The monoisotopic (exact) mass is 294 g/mol. The molecule has 0 aliphatic carbocycles. The van der Waals surface area contributed by atoms with Gasteiger partial charge in [0.2, 0.25) is 5.91 Å². The number of nitrogens with zero attached hydrogens (tertiary/aromatic N) is 2. The Labute approximate surface area is 124 Å². The van der Waals surface area contributed by atoms with Crippen LogP contribution in [0.5, 0.6) is 0 Å². The minimum Gasteiger partial charge on any atom is -0.392 e. The lowest BCUT2D eigenvalue weighted by molar-refractivity contribution is -0.133. The second kappa shape index (κ2) is 7.57. The number of hydrogen-bond donors (Lipinski definition) is 1. The molecule has 1 saturated heterocycles. The van der Waals surface area contributed by atoms with Crippen LogP contribution < -0.4 is 0 Å². The summed E-state index contributed by atoms with van der Waals surface area (Å²) in [5.74, 6) is 0.104. The summed E-state index contributed by atoms with van der Waals surface area (Å²) in [4.78, 5) is 17.4. The maximum atomic E-state index is 12.4. The van der Waals surface area contributed by atoms with Crippen molar-refractivity contribution in [3.8, 4) is 0 Å². The zero-order valence-corrected chi connectivity index (χ0v) is 12.5. The molecule has 1 N–H and O–H groups in total. The molecule has 5 heteroatoms. The molecule has 1 atom stereocenters. The fourth-order valence-corrected chi connectivity index (χ4v) is 3.19. The van der Waals surface area contributed by atoms with Crippen molar-refractivity contribution in [2.75, 3.05) is 26.2 Å². The second-order valence-corrected chi connectivity index (χ2v) is 6.21. The van der Waals surface area contributed by atoms with E-state index in [0.29, 0.717) is 26.2 Å². The first-order chi connectivity index (χ1) is 9.69. The van der Waals surface area contributed by atoms with Gasteiger partial charge >= 0.3 is 0 Å². The van der Waals surface area contributed by atoms with Crippen LogP contribution in [0.1, 0.15) is 17.7 Å². The van der Waals surface area contributed by atoms with E-state index in [9.17, 15) is 9.90 Å². The van der Waals surface area contributed by atoms with Crippen molar-refractivity contribution in [1.29, 1.82) is 0 Å². The SMILES string of the molecule is C=CCN(Cc1cccs1)C(=O)CN1CCC[C@H](O)C1. The number of thiophene rings is 1. The second-order valence-electron chi connectivity index (χ2n) is 5.17. The van der Waals surface area contributed by atoms with E-state index in [4.69, 9.17) is 0 Å². The van der Waals surface area contributed by atoms with Gasteiger partial charge in [-0.3, -0.25) is 9.69 Å². The van der Waals surface area contributed by atoms with Crippen molar-refractivity contribution >= 4 is 17.2 Å². The van der Waals surface area contributed by atoms with Crippen molar-refractivity contribution < 1.29 is 9.90 Å². The molecule has 20 heavy (non-hydrogen) atoms. The highest BCUT2D eigenvalue weighted by atomic mass is 32.1. The Balaban J connectivity index is 1.90. The molecule has 0 bridgehead atoms. The van der Waals surface area contributed by atoms with E-state index < -0.39 is 0 Å². The van der Waals surface area contributed by atoms with E-state index >= 15 is 0 Å². The number of aliphatic hydroxyl groups excluding tert-OH is 1. The zero-order chi connectivity index (χ0) is 14.4. The third-order valence-electron chi connectivity index (χ3n) is 3.47. The van der Waals surface area contributed by atoms with Gasteiger partial charge < -0.3 is 10.0 Å². The van der Waals surface area contributed by atoms with Crippen LogP contribution in [0.25, 0.3) is 0 Å². The van der Waals surface area contributed by atoms with Crippen LogP contribution in [0.15, 0.2) is 30.2 Å². The largest absolute Gasteiger partial charge is 0.392 e. The summed E-state index contributed by atoms with van der Waals surface area (Å²) in [6, 6.07) is 4.04. The molecule has 0 spiro atoms. The zero-order valence-electron chi connectivity index (χ0n) is 11.7. The summed E-state index contributed by atoms with van der Waals surface area (Å²) in [6.07, 6.45) is 3.27. The Hall–Kier alpha value is -1.17. The molecule has 0 unspecified atom stereocenters. The lowest BCUT2D eigenvalue weighted by Crippen LogP contribution is -2.45. The third-order valence-corrected chi connectivity index (χ3v) is 4.33. The Morgan fingerprint density at radius 3 is 3.15 bits per heavy atom. The highest BCUT2D eigenvalue weighted by molar-refractivity contribution is 7.09. The van der Waals surface area contributed by atoms with Gasteiger partial charge in [-0.2, -0.15) is 0 Å². The quantitative estimate of drug-likeness (QED) is 0.813. The lowest BCUT2D eigenvalue weighted by atomic mass is 10.1. The maximum Gasteiger partial charge on any atom is 0.237 e. The smallest absolute Gasteiger partial charge is 0.237 e. The fourth-order valence-electron chi connectivity index (χ4n) is 2.47. The van der Waals surface area contributed by atoms with E-state index in [-0.39, 0.29) is 12.0 Å². The molecule has 1 aromatic heterocycles. The minimum absolute atomic E-state index is 0.104. The van der Waals surface area contributed by atoms with Crippen molar-refractivity contribution in [3.05, 3.63) is 35.0 Å². The first kappa shape index (κ1) is 15.2. The Morgan fingerprint density at radius 1 is 1.65 bits per heavy atom. The van der Waals surface area contributed by atoms with Gasteiger partial charge in [0.15, 0.2) is 0 Å². The maximum absolute atomic E-state index is 12.4. The van der Waals surface area contributed by atoms with E-state index in [0.717, 1.165) is 19.4 Å². The average Bonchev–Trinajstić information content (AvgIpc) is 2.91. The van der Waals surface area contributed by atoms with Crippen molar-refractivity contribution in [3.63, 3.8) is 0 Å². The molecular formula is C15H22N2O2S. The van der Waals surface area contributed by atoms with Gasteiger partial charge in [-0.05, 0) is 30.8 Å². The molecule has 4 nitrogen and oxygen atoms in total. The number of β-amino-alcohol motifs (C(OH)–C–C–N with tert-alkyl or cyclic N) is 1. The van der Waals surface area contributed by atoms with Crippen LogP contribution in [0.4, 0.5) is 0 Å².